The molecule has 2 unspecified atom stereocenters. The summed E-state index contributed by atoms with van der Waals surface area (Å²) in [7, 11) is 1.83. The highest BCUT2D eigenvalue weighted by Crippen LogP contribution is 2.17. The topological polar surface area (TPSA) is 24.5 Å². The molecule has 0 bridgehead atoms. The molecule has 1 rings (SSSR count). The fourth-order valence-corrected chi connectivity index (χ4v) is 2.40. The number of likely N-dealkylation sites (tertiary alicyclic amines) is 1. The van der Waals surface area contributed by atoms with Crippen LogP contribution in [0, 0.1) is 0 Å². The Morgan fingerprint density at radius 2 is 2.19 bits per heavy atom. The van der Waals surface area contributed by atoms with E-state index in [4.69, 9.17) is 4.74 Å². The van der Waals surface area contributed by atoms with Gasteiger partial charge in [0.15, 0.2) is 0 Å². The van der Waals surface area contributed by atoms with E-state index in [1.54, 1.807) is 0 Å². The van der Waals surface area contributed by atoms with Gasteiger partial charge < -0.3 is 10.1 Å². The molecule has 1 fully saturated rings. The first-order valence-corrected chi connectivity index (χ1v) is 6.67. The zero-order valence-corrected chi connectivity index (χ0v) is 11.3. The molecule has 1 N–H and O–H groups in total. The summed E-state index contributed by atoms with van der Waals surface area (Å²) in [5, 5.41) is 3.56. The number of ether oxygens (including phenoxy) is 1. The zero-order valence-electron chi connectivity index (χ0n) is 11.3. The van der Waals surface area contributed by atoms with E-state index in [2.05, 4.69) is 31.0 Å². The van der Waals surface area contributed by atoms with Crippen LogP contribution in [0.15, 0.2) is 0 Å². The van der Waals surface area contributed by atoms with Gasteiger partial charge in [-0.3, -0.25) is 4.90 Å². The van der Waals surface area contributed by atoms with Gasteiger partial charge in [0.2, 0.25) is 0 Å². The molecule has 0 aliphatic carbocycles. The summed E-state index contributed by atoms with van der Waals surface area (Å²) in [4.78, 5) is 2.59. The summed E-state index contributed by atoms with van der Waals surface area (Å²) in [5.41, 5.74) is 0. The maximum Gasteiger partial charge on any atom is 0.0710 e. The average Bonchev–Trinajstić information content (AvgIpc) is 2.72. The van der Waals surface area contributed by atoms with Crippen LogP contribution in [0.4, 0.5) is 0 Å². The highest BCUT2D eigenvalue weighted by atomic mass is 16.5. The normalized spacial score (nSPS) is 24.2. The molecule has 0 amide bonds. The molecule has 3 nitrogen and oxygen atoms in total. The molecule has 1 heterocycles. The Hall–Kier alpha value is -0.120. The van der Waals surface area contributed by atoms with Crippen molar-refractivity contribution in [2.75, 3.05) is 26.7 Å². The first-order valence-electron chi connectivity index (χ1n) is 6.67. The summed E-state index contributed by atoms with van der Waals surface area (Å²) >= 11 is 0. The molecule has 0 aromatic heterocycles. The molecule has 1 saturated heterocycles. The predicted molar refractivity (Wildman–Crippen MR) is 68.8 cm³/mol. The molecule has 0 radical (unpaired) electrons. The van der Waals surface area contributed by atoms with Crippen molar-refractivity contribution < 1.29 is 4.74 Å². The fraction of sp³-hybridized carbons (Fsp3) is 1.00. The molecule has 1 aliphatic heterocycles. The Morgan fingerprint density at radius 1 is 1.44 bits per heavy atom. The quantitative estimate of drug-likeness (QED) is 0.720. The van der Waals surface area contributed by atoms with Gasteiger partial charge in [0.1, 0.15) is 0 Å². The molecule has 16 heavy (non-hydrogen) atoms. The third-order valence-corrected chi connectivity index (χ3v) is 3.41. The molecule has 0 spiro atoms. The highest BCUT2D eigenvalue weighted by molar-refractivity contribution is 4.83. The van der Waals surface area contributed by atoms with Gasteiger partial charge in [-0.2, -0.15) is 0 Å². The Kier molecular flexibility index (Phi) is 6.32. The molecule has 1 aliphatic rings. The van der Waals surface area contributed by atoms with Crippen LogP contribution in [0.25, 0.3) is 0 Å². The summed E-state index contributed by atoms with van der Waals surface area (Å²) < 4.78 is 5.43. The van der Waals surface area contributed by atoms with Crippen LogP contribution in [0.5, 0.6) is 0 Å². The average molecular weight is 228 g/mol. The standard InChI is InChI=1S/C13H28N2O/c1-5-6-12(9-14-11(2)3)15-8-7-13(10-15)16-4/h11-14H,5-10H2,1-4H3. The minimum absolute atomic E-state index is 0.457. The van der Waals surface area contributed by atoms with Crippen LogP contribution in [0.3, 0.4) is 0 Å². The van der Waals surface area contributed by atoms with Crippen LogP contribution in [-0.4, -0.2) is 49.8 Å². The third-order valence-electron chi connectivity index (χ3n) is 3.41. The van der Waals surface area contributed by atoms with Crippen LogP contribution >= 0.6 is 0 Å². The second kappa shape index (κ2) is 7.25. The van der Waals surface area contributed by atoms with Crippen molar-refractivity contribution in [3.05, 3.63) is 0 Å². The minimum Gasteiger partial charge on any atom is -0.380 e. The van der Waals surface area contributed by atoms with E-state index in [9.17, 15) is 0 Å². The van der Waals surface area contributed by atoms with Gasteiger partial charge in [0.05, 0.1) is 6.10 Å². The molecular weight excluding hydrogens is 200 g/mol. The van der Waals surface area contributed by atoms with Gasteiger partial charge in [-0.15, -0.1) is 0 Å². The van der Waals surface area contributed by atoms with Gasteiger partial charge in [0, 0.05) is 38.8 Å². The number of methoxy groups -OCH3 is 1. The van der Waals surface area contributed by atoms with Gasteiger partial charge in [0.25, 0.3) is 0 Å². The Labute approximate surface area is 101 Å². The second-order valence-electron chi connectivity index (χ2n) is 5.15. The van der Waals surface area contributed by atoms with Gasteiger partial charge in [-0.25, -0.2) is 0 Å². The van der Waals surface area contributed by atoms with Crippen molar-refractivity contribution in [1.29, 1.82) is 0 Å². The fourth-order valence-electron chi connectivity index (χ4n) is 2.40. The van der Waals surface area contributed by atoms with Crippen LogP contribution in [0.1, 0.15) is 40.0 Å². The maximum absolute atomic E-state index is 5.43. The minimum atomic E-state index is 0.457. The van der Waals surface area contributed by atoms with Gasteiger partial charge >= 0.3 is 0 Å². The lowest BCUT2D eigenvalue weighted by atomic mass is 10.1. The largest absolute Gasteiger partial charge is 0.380 e. The van der Waals surface area contributed by atoms with E-state index in [-0.39, 0.29) is 0 Å². The van der Waals surface area contributed by atoms with E-state index in [0.717, 1.165) is 13.1 Å². The van der Waals surface area contributed by atoms with Gasteiger partial charge in [-0.1, -0.05) is 27.2 Å². The van der Waals surface area contributed by atoms with Crippen molar-refractivity contribution in [2.24, 2.45) is 0 Å². The molecule has 2 atom stereocenters. The van der Waals surface area contributed by atoms with Crippen molar-refractivity contribution in [3.8, 4) is 0 Å². The van der Waals surface area contributed by atoms with E-state index < -0.39 is 0 Å². The molecule has 96 valence electrons. The first kappa shape index (κ1) is 13.9. The van der Waals surface area contributed by atoms with E-state index in [1.165, 1.54) is 25.8 Å². The third kappa shape index (κ3) is 4.40. The number of rotatable bonds is 7. The Bertz CT molecular complexity index is 185. The summed E-state index contributed by atoms with van der Waals surface area (Å²) in [6.07, 6.45) is 4.20. The maximum atomic E-state index is 5.43. The Balaban J connectivity index is 2.37. The first-order chi connectivity index (χ1) is 7.67. The molecule has 0 aromatic rings. The van der Waals surface area contributed by atoms with E-state index in [1.807, 2.05) is 7.11 Å². The summed E-state index contributed by atoms with van der Waals surface area (Å²) in [6, 6.07) is 1.27. The van der Waals surface area contributed by atoms with Gasteiger partial charge in [-0.05, 0) is 12.8 Å². The lowest BCUT2D eigenvalue weighted by molar-refractivity contribution is 0.0991. The van der Waals surface area contributed by atoms with E-state index in [0.29, 0.717) is 18.2 Å². The smallest absolute Gasteiger partial charge is 0.0710 e. The number of hydrogen-bond donors (Lipinski definition) is 1. The van der Waals surface area contributed by atoms with Crippen molar-refractivity contribution in [3.63, 3.8) is 0 Å². The molecular formula is C13H28N2O. The monoisotopic (exact) mass is 228 g/mol. The van der Waals surface area contributed by atoms with Crippen LogP contribution in [0.2, 0.25) is 0 Å². The molecule has 0 aromatic carbocycles. The lowest BCUT2D eigenvalue weighted by Crippen LogP contribution is -2.43. The predicted octanol–water partition coefficient (Wildman–Crippen LogP) is 1.87. The Morgan fingerprint density at radius 3 is 2.69 bits per heavy atom. The highest BCUT2D eigenvalue weighted by Gasteiger charge is 2.27. The SMILES string of the molecule is CCCC(CNC(C)C)N1CCC(OC)C1. The number of hydrogen-bond acceptors (Lipinski definition) is 3. The van der Waals surface area contributed by atoms with Crippen LogP contribution < -0.4 is 5.32 Å². The number of nitrogens with zero attached hydrogens (tertiary/aromatic N) is 1. The number of nitrogens with one attached hydrogen (secondary N) is 1. The molecule has 3 heteroatoms. The lowest BCUT2D eigenvalue weighted by Gasteiger charge is -2.28. The second-order valence-corrected chi connectivity index (χ2v) is 5.15. The van der Waals surface area contributed by atoms with Crippen molar-refractivity contribution >= 4 is 0 Å². The van der Waals surface area contributed by atoms with Crippen molar-refractivity contribution in [1.82, 2.24) is 10.2 Å². The summed E-state index contributed by atoms with van der Waals surface area (Å²) in [5.74, 6) is 0. The molecule has 0 saturated carbocycles. The zero-order chi connectivity index (χ0) is 12.0. The summed E-state index contributed by atoms with van der Waals surface area (Å²) in [6.45, 7) is 10.1. The van der Waals surface area contributed by atoms with E-state index >= 15 is 0 Å². The van der Waals surface area contributed by atoms with Crippen molar-refractivity contribution in [2.45, 2.75) is 58.2 Å². The van der Waals surface area contributed by atoms with Crippen LogP contribution in [-0.2, 0) is 4.74 Å².